The van der Waals surface area contributed by atoms with Gasteiger partial charge in [-0.15, -0.1) is 0 Å². The second-order valence-corrected chi connectivity index (χ2v) is 5.43. The normalized spacial score (nSPS) is 29.4. The number of rotatable bonds is 4. The predicted molar refractivity (Wildman–Crippen MR) is 64.1 cm³/mol. The number of piperazine rings is 1. The summed E-state index contributed by atoms with van der Waals surface area (Å²) in [4.78, 5) is 4.94. The molecule has 1 saturated carbocycles. The SMILES string of the molecule is CN1CCNC(CN(C)CC2CCC2)C1. The summed E-state index contributed by atoms with van der Waals surface area (Å²) < 4.78 is 0. The van der Waals surface area contributed by atoms with Gasteiger partial charge < -0.3 is 15.1 Å². The largest absolute Gasteiger partial charge is 0.310 e. The molecule has 1 saturated heterocycles. The highest BCUT2D eigenvalue weighted by Crippen LogP contribution is 2.26. The van der Waals surface area contributed by atoms with E-state index in [0.717, 1.165) is 12.5 Å². The summed E-state index contributed by atoms with van der Waals surface area (Å²) >= 11 is 0. The van der Waals surface area contributed by atoms with Gasteiger partial charge in [0, 0.05) is 38.8 Å². The molecule has 3 heteroatoms. The molecule has 2 aliphatic rings. The average molecular weight is 211 g/mol. The van der Waals surface area contributed by atoms with Gasteiger partial charge in [0.15, 0.2) is 0 Å². The molecule has 0 amide bonds. The molecule has 2 rings (SSSR count). The molecule has 1 atom stereocenters. The summed E-state index contributed by atoms with van der Waals surface area (Å²) in [6.07, 6.45) is 4.38. The van der Waals surface area contributed by atoms with Gasteiger partial charge in [-0.05, 0) is 32.9 Å². The van der Waals surface area contributed by atoms with E-state index in [0.29, 0.717) is 6.04 Å². The topological polar surface area (TPSA) is 18.5 Å². The van der Waals surface area contributed by atoms with E-state index >= 15 is 0 Å². The van der Waals surface area contributed by atoms with Crippen LogP contribution in [0.25, 0.3) is 0 Å². The number of nitrogens with one attached hydrogen (secondary N) is 1. The van der Waals surface area contributed by atoms with E-state index < -0.39 is 0 Å². The molecule has 0 radical (unpaired) electrons. The average Bonchev–Trinajstić information content (AvgIpc) is 2.11. The van der Waals surface area contributed by atoms with E-state index in [1.807, 2.05) is 0 Å². The number of hydrogen-bond acceptors (Lipinski definition) is 3. The Morgan fingerprint density at radius 3 is 2.73 bits per heavy atom. The second-order valence-electron chi connectivity index (χ2n) is 5.43. The first-order valence-corrected chi connectivity index (χ1v) is 6.34. The van der Waals surface area contributed by atoms with E-state index in [1.165, 1.54) is 45.4 Å². The van der Waals surface area contributed by atoms with E-state index in [2.05, 4.69) is 29.2 Å². The van der Waals surface area contributed by atoms with E-state index in [-0.39, 0.29) is 0 Å². The van der Waals surface area contributed by atoms with Crippen LogP contribution in [0.2, 0.25) is 0 Å². The van der Waals surface area contributed by atoms with Crippen molar-refractivity contribution in [3.8, 4) is 0 Å². The fraction of sp³-hybridized carbons (Fsp3) is 1.00. The Hall–Kier alpha value is -0.120. The monoisotopic (exact) mass is 211 g/mol. The van der Waals surface area contributed by atoms with Gasteiger partial charge in [0.2, 0.25) is 0 Å². The minimum Gasteiger partial charge on any atom is -0.310 e. The first kappa shape index (κ1) is 11.4. The summed E-state index contributed by atoms with van der Waals surface area (Å²) in [5.74, 6) is 0.997. The Kier molecular flexibility index (Phi) is 4.00. The minimum atomic E-state index is 0.675. The highest BCUT2D eigenvalue weighted by atomic mass is 15.2. The minimum absolute atomic E-state index is 0.675. The maximum atomic E-state index is 3.61. The lowest BCUT2D eigenvalue weighted by Crippen LogP contribution is -2.53. The third-order valence-corrected chi connectivity index (χ3v) is 3.79. The van der Waals surface area contributed by atoms with Gasteiger partial charge in [-0.1, -0.05) is 6.42 Å². The molecule has 1 aliphatic carbocycles. The molecular formula is C12H25N3. The van der Waals surface area contributed by atoms with Crippen molar-refractivity contribution < 1.29 is 0 Å². The molecule has 0 aromatic heterocycles. The van der Waals surface area contributed by atoms with Gasteiger partial charge in [-0.3, -0.25) is 0 Å². The quantitative estimate of drug-likeness (QED) is 0.735. The smallest absolute Gasteiger partial charge is 0.0322 e. The predicted octanol–water partition coefficient (Wildman–Crippen LogP) is 0.622. The first-order valence-electron chi connectivity index (χ1n) is 6.34. The van der Waals surface area contributed by atoms with Crippen LogP contribution in [-0.4, -0.2) is 62.7 Å². The van der Waals surface area contributed by atoms with Crippen molar-refractivity contribution in [1.82, 2.24) is 15.1 Å². The maximum Gasteiger partial charge on any atom is 0.0322 e. The van der Waals surface area contributed by atoms with Crippen molar-refractivity contribution >= 4 is 0 Å². The number of likely N-dealkylation sites (N-methyl/N-ethyl adjacent to an activating group) is 2. The van der Waals surface area contributed by atoms with Gasteiger partial charge >= 0.3 is 0 Å². The van der Waals surface area contributed by atoms with Gasteiger partial charge in [0.1, 0.15) is 0 Å². The zero-order valence-electron chi connectivity index (χ0n) is 10.2. The van der Waals surface area contributed by atoms with Crippen LogP contribution in [0.3, 0.4) is 0 Å². The lowest BCUT2D eigenvalue weighted by Gasteiger charge is -2.36. The van der Waals surface area contributed by atoms with Crippen LogP contribution < -0.4 is 5.32 Å². The third-order valence-electron chi connectivity index (χ3n) is 3.79. The fourth-order valence-electron chi connectivity index (χ4n) is 2.68. The number of nitrogens with zero attached hydrogens (tertiary/aromatic N) is 2. The summed E-state index contributed by atoms with van der Waals surface area (Å²) in [6.45, 7) is 6.07. The molecule has 0 aromatic carbocycles. The third kappa shape index (κ3) is 3.44. The first-order chi connectivity index (χ1) is 7.24. The molecule has 0 aromatic rings. The fourth-order valence-corrected chi connectivity index (χ4v) is 2.68. The van der Waals surface area contributed by atoms with Crippen molar-refractivity contribution in [2.24, 2.45) is 5.92 Å². The van der Waals surface area contributed by atoms with Crippen LogP contribution in [0.4, 0.5) is 0 Å². The Labute approximate surface area is 93.8 Å². The molecule has 1 heterocycles. The Bertz CT molecular complexity index is 191. The number of hydrogen-bond donors (Lipinski definition) is 1. The molecular weight excluding hydrogens is 186 g/mol. The van der Waals surface area contributed by atoms with Gasteiger partial charge in [0.05, 0.1) is 0 Å². The summed E-state index contributed by atoms with van der Waals surface area (Å²) in [5.41, 5.74) is 0. The van der Waals surface area contributed by atoms with Crippen molar-refractivity contribution in [2.45, 2.75) is 25.3 Å². The highest BCUT2D eigenvalue weighted by Gasteiger charge is 2.22. The second kappa shape index (κ2) is 5.28. The molecule has 15 heavy (non-hydrogen) atoms. The maximum absolute atomic E-state index is 3.61. The Morgan fingerprint density at radius 1 is 1.33 bits per heavy atom. The van der Waals surface area contributed by atoms with Crippen LogP contribution in [0.1, 0.15) is 19.3 Å². The van der Waals surface area contributed by atoms with Crippen LogP contribution >= 0.6 is 0 Å². The van der Waals surface area contributed by atoms with Crippen molar-refractivity contribution in [3.05, 3.63) is 0 Å². The molecule has 0 spiro atoms. The van der Waals surface area contributed by atoms with E-state index in [1.54, 1.807) is 0 Å². The Morgan fingerprint density at radius 2 is 2.13 bits per heavy atom. The molecule has 1 aliphatic heterocycles. The summed E-state index contributed by atoms with van der Waals surface area (Å²) in [6, 6.07) is 0.675. The lowest BCUT2D eigenvalue weighted by atomic mass is 9.85. The van der Waals surface area contributed by atoms with Gasteiger partial charge in [-0.2, -0.15) is 0 Å². The van der Waals surface area contributed by atoms with Gasteiger partial charge in [-0.25, -0.2) is 0 Å². The summed E-state index contributed by atoms with van der Waals surface area (Å²) in [5, 5.41) is 3.61. The zero-order valence-corrected chi connectivity index (χ0v) is 10.2. The van der Waals surface area contributed by atoms with E-state index in [9.17, 15) is 0 Å². The Balaban J connectivity index is 1.65. The van der Waals surface area contributed by atoms with Crippen LogP contribution in [0.15, 0.2) is 0 Å². The molecule has 88 valence electrons. The van der Waals surface area contributed by atoms with Crippen molar-refractivity contribution in [2.75, 3.05) is 46.8 Å². The highest BCUT2D eigenvalue weighted by molar-refractivity contribution is 4.80. The molecule has 1 N–H and O–H groups in total. The standard InChI is InChI=1S/C12H25N3/c1-14-7-6-13-12(9-14)10-15(2)8-11-4-3-5-11/h11-13H,3-10H2,1-2H3. The molecule has 3 nitrogen and oxygen atoms in total. The zero-order chi connectivity index (χ0) is 10.7. The van der Waals surface area contributed by atoms with Crippen LogP contribution in [0.5, 0.6) is 0 Å². The molecule has 0 bridgehead atoms. The molecule has 1 unspecified atom stereocenters. The van der Waals surface area contributed by atoms with Gasteiger partial charge in [0.25, 0.3) is 0 Å². The molecule has 2 fully saturated rings. The summed E-state index contributed by atoms with van der Waals surface area (Å²) in [7, 11) is 4.49. The van der Waals surface area contributed by atoms with Crippen molar-refractivity contribution in [3.63, 3.8) is 0 Å². The van der Waals surface area contributed by atoms with E-state index in [4.69, 9.17) is 0 Å². The van der Waals surface area contributed by atoms with Crippen LogP contribution in [-0.2, 0) is 0 Å². The lowest BCUT2D eigenvalue weighted by molar-refractivity contribution is 0.161. The van der Waals surface area contributed by atoms with Crippen molar-refractivity contribution in [1.29, 1.82) is 0 Å². The van der Waals surface area contributed by atoms with Crippen LogP contribution in [0, 0.1) is 5.92 Å².